The summed E-state index contributed by atoms with van der Waals surface area (Å²) < 4.78 is 1.04. The highest BCUT2D eigenvalue weighted by atomic mass is 127. The summed E-state index contributed by atoms with van der Waals surface area (Å²) in [5, 5.41) is 4.02. The van der Waals surface area contributed by atoms with Gasteiger partial charge in [0.25, 0.3) is 5.91 Å². The second-order valence-electron chi connectivity index (χ2n) is 5.72. The number of benzene rings is 2. The fraction of sp³-hybridized carbons (Fsp3) is 0.158. The SMILES string of the molecule is O=C(Nc1ccccc1I)c1c2c(nc3ccccc13)CCC2. The van der Waals surface area contributed by atoms with Crippen LogP contribution < -0.4 is 5.32 Å². The number of aromatic nitrogens is 1. The van der Waals surface area contributed by atoms with Crippen molar-refractivity contribution in [3.63, 3.8) is 0 Å². The smallest absolute Gasteiger partial charge is 0.256 e. The minimum Gasteiger partial charge on any atom is -0.321 e. The summed E-state index contributed by atoms with van der Waals surface area (Å²) >= 11 is 2.24. The van der Waals surface area contributed by atoms with Crippen molar-refractivity contribution in [3.05, 3.63) is 68.9 Å². The van der Waals surface area contributed by atoms with E-state index in [9.17, 15) is 4.79 Å². The lowest BCUT2D eigenvalue weighted by molar-refractivity contribution is 0.102. The maximum Gasteiger partial charge on any atom is 0.256 e. The van der Waals surface area contributed by atoms with Crippen LogP contribution in [-0.4, -0.2) is 10.9 Å². The Hall–Kier alpha value is -1.95. The number of carbonyl (C=O) groups excluding carboxylic acids is 1. The predicted octanol–water partition coefficient (Wildman–Crippen LogP) is 4.58. The van der Waals surface area contributed by atoms with E-state index in [0.29, 0.717) is 0 Å². The summed E-state index contributed by atoms with van der Waals surface area (Å²) in [5.41, 5.74) is 4.75. The number of fused-ring (bicyclic) bond motifs is 2. The van der Waals surface area contributed by atoms with Crippen LogP contribution in [-0.2, 0) is 12.8 Å². The van der Waals surface area contributed by atoms with Crippen LogP contribution >= 0.6 is 22.6 Å². The first kappa shape index (κ1) is 14.6. The molecule has 2 aromatic carbocycles. The van der Waals surface area contributed by atoms with Crippen LogP contribution in [0.15, 0.2) is 48.5 Å². The van der Waals surface area contributed by atoms with Gasteiger partial charge in [-0.3, -0.25) is 9.78 Å². The number of rotatable bonds is 2. The molecule has 1 amide bonds. The minimum atomic E-state index is -0.0362. The molecule has 0 spiro atoms. The number of halogens is 1. The number of carbonyl (C=O) groups is 1. The molecule has 3 aromatic rings. The second-order valence-corrected chi connectivity index (χ2v) is 6.88. The Balaban J connectivity index is 1.85. The lowest BCUT2D eigenvalue weighted by atomic mass is 10.0. The monoisotopic (exact) mass is 414 g/mol. The fourth-order valence-electron chi connectivity index (χ4n) is 3.22. The van der Waals surface area contributed by atoms with E-state index in [0.717, 1.165) is 56.2 Å². The third kappa shape index (κ3) is 2.61. The van der Waals surface area contributed by atoms with Gasteiger partial charge in [0.05, 0.1) is 16.8 Å². The zero-order valence-electron chi connectivity index (χ0n) is 12.5. The summed E-state index contributed by atoms with van der Waals surface area (Å²) in [6.07, 6.45) is 2.97. The highest BCUT2D eigenvalue weighted by molar-refractivity contribution is 14.1. The molecule has 1 N–H and O–H groups in total. The molecule has 0 saturated carbocycles. The molecule has 4 heteroatoms. The molecule has 4 rings (SSSR count). The van der Waals surface area contributed by atoms with E-state index in [-0.39, 0.29) is 5.91 Å². The molecule has 0 bridgehead atoms. The number of para-hydroxylation sites is 2. The standard InChI is InChI=1S/C19H15IN2O/c20-14-8-2-4-10-17(14)22-19(23)18-12-6-1-3-9-15(12)21-16-11-5-7-13(16)18/h1-4,6,8-10H,5,7,11H2,(H,22,23). The molecule has 23 heavy (non-hydrogen) atoms. The molecule has 1 aliphatic carbocycles. The molecule has 0 saturated heterocycles. The number of amides is 1. The molecule has 114 valence electrons. The largest absolute Gasteiger partial charge is 0.321 e. The van der Waals surface area contributed by atoms with Gasteiger partial charge >= 0.3 is 0 Å². The van der Waals surface area contributed by atoms with Crippen LogP contribution in [0.5, 0.6) is 0 Å². The first-order valence-corrected chi connectivity index (χ1v) is 8.78. The average Bonchev–Trinajstić information content (AvgIpc) is 3.02. The molecule has 0 aliphatic heterocycles. The number of anilines is 1. The first-order chi connectivity index (χ1) is 11.2. The van der Waals surface area contributed by atoms with Crippen LogP contribution in [0.1, 0.15) is 28.0 Å². The van der Waals surface area contributed by atoms with Crippen molar-refractivity contribution in [1.29, 1.82) is 0 Å². The van der Waals surface area contributed by atoms with Crippen LogP contribution in [0.3, 0.4) is 0 Å². The summed E-state index contributed by atoms with van der Waals surface area (Å²) in [5.74, 6) is -0.0362. The molecule has 0 unspecified atom stereocenters. The van der Waals surface area contributed by atoms with E-state index < -0.39 is 0 Å². The first-order valence-electron chi connectivity index (χ1n) is 7.70. The number of nitrogens with one attached hydrogen (secondary N) is 1. The number of nitrogens with zero attached hydrogens (tertiary/aromatic N) is 1. The minimum absolute atomic E-state index is 0.0362. The average molecular weight is 414 g/mol. The lowest BCUT2D eigenvalue weighted by Gasteiger charge is -2.13. The predicted molar refractivity (Wildman–Crippen MR) is 101 cm³/mol. The maximum absolute atomic E-state index is 13.0. The molecule has 0 fully saturated rings. The molecule has 3 nitrogen and oxygen atoms in total. The molecule has 1 heterocycles. The lowest BCUT2D eigenvalue weighted by Crippen LogP contribution is -2.16. The highest BCUT2D eigenvalue weighted by Gasteiger charge is 2.23. The van der Waals surface area contributed by atoms with Crippen molar-refractivity contribution in [3.8, 4) is 0 Å². The summed E-state index contributed by atoms with van der Waals surface area (Å²) in [6.45, 7) is 0. The Morgan fingerprint density at radius 3 is 2.70 bits per heavy atom. The van der Waals surface area contributed by atoms with Crippen molar-refractivity contribution in [2.75, 3.05) is 5.32 Å². The zero-order chi connectivity index (χ0) is 15.8. The fourth-order valence-corrected chi connectivity index (χ4v) is 3.74. The van der Waals surface area contributed by atoms with Crippen molar-refractivity contribution < 1.29 is 4.79 Å². The van der Waals surface area contributed by atoms with Crippen molar-refractivity contribution in [1.82, 2.24) is 4.98 Å². The Bertz CT molecular complexity index is 920. The van der Waals surface area contributed by atoms with Gasteiger partial charge in [-0.1, -0.05) is 30.3 Å². The normalized spacial score (nSPS) is 13.1. The van der Waals surface area contributed by atoms with Crippen molar-refractivity contribution in [2.45, 2.75) is 19.3 Å². The third-order valence-corrected chi connectivity index (χ3v) is 5.21. The van der Waals surface area contributed by atoms with Gasteiger partial charge in [-0.05, 0) is 65.6 Å². The van der Waals surface area contributed by atoms with Gasteiger partial charge in [0.2, 0.25) is 0 Å². The van der Waals surface area contributed by atoms with E-state index >= 15 is 0 Å². The van der Waals surface area contributed by atoms with Crippen LogP contribution in [0.25, 0.3) is 10.9 Å². The van der Waals surface area contributed by atoms with E-state index in [1.165, 1.54) is 0 Å². The van der Waals surface area contributed by atoms with Gasteiger partial charge in [0, 0.05) is 14.7 Å². The van der Waals surface area contributed by atoms with Gasteiger partial charge in [-0.25, -0.2) is 0 Å². The highest BCUT2D eigenvalue weighted by Crippen LogP contribution is 2.31. The third-order valence-electron chi connectivity index (χ3n) is 4.27. The van der Waals surface area contributed by atoms with Crippen LogP contribution in [0.4, 0.5) is 5.69 Å². The molecular weight excluding hydrogens is 399 g/mol. The number of aryl methyl sites for hydroxylation is 1. The van der Waals surface area contributed by atoms with E-state index in [4.69, 9.17) is 4.98 Å². The quantitative estimate of drug-likeness (QED) is 0.624. The Morgan fingerprint density at radius 2 is 1.83 bits per heavy atom. The molecular formula is C19H15IN2O. The van der Waals surface area contributed by atoms with Gasteiger partial charge in [0.15, 0.2) is 0 Å². The Labute approximate surface area is 148 Å². The molecule has 0 radical (unpaired) electrons. The summed E-state index contributed by atoms with van der Waals surface area (Å²) in [4.78, 5) is 17.7. The van der Waals surface area contributed by atoms with E-state index in [1.54, 1.807) is 0 Å². The van der Waals surface area contributed by atoms with Crippen LogP contribution in [0, 0.1) is 3.57 Å². The van der Waals surface area contributed by atoms with Crippen LogP contribution in [0.2, 0.25) is 0 Å². The Morgan fingerprint density at radius 1 is 1.04 bits per heavy atom. The maximum atomic E-state index is 13.0. The Kier molecular flexibility index (Phi) is 3.77. The summed E-state index contributed by atoms with van der Waals surface area (Å²) in [7, 11) is 0. The topological polar surface area (TPSA) is 42.0 Å². The molecule has 0 atom stereocenters. The number of hydrogen-bond acceptors (Lipinski definition) is 2. The summed E-state index contributed by atoms with van der Waals surface area (Å²) in [6, 6.07) is 15.7. The van der Waals surface area contributed by atoms with Crippen molar-refractivity contribution >= 4 is 45.1 Å². The van der Waals surface area contributed by atoms with Gasteiger partial charge < -0.3 is 5.32 Å². The van der Waals surface area contributed by atoms with Gasteiger partial charge in [-0.2, -0.15) is 0 Å². The zero-order valence-corrected chi connectivity index (χ0v) is 14.6. The number of pyridine rings is 1. The molecule has 1 aliphatic rings. The molecule has 1 aromatic heterocycles. The van der Waals surface area contributed by atoms with Gasteiger partial charge in [0.1, 0.15) is 0 Å². The van der Waals surface area contributed by atoms with Gasteiger partial charge in [-0.15, -0.1) is 0 Å². The number of hydrogen-bond donors (Lipinski definition) is 1. The van der Waals surface area contributed by atoms with E-state index in [1.807, 2.05) is 48.5 Å². The van der Waals surface area contributed by atoms with E-state index in [2.05, 4.69) is 27.9 Å². The second kappa shape index (κ2) is 5.92. The van der Waals surface area contributed by atoms with Crippen molar-refractivity contribution in [2.24, 2.45) is 0 Å².